The summed E-state index contributed by atoms with van der Waals surface area (Å²) in [5.74, 6) is -0.947. The zero-order valence-corrected chi connectivity index (χ0v) is 21.1. The molecule has 1 amide bonds. The molecule has 11 nitrogen and oxygen atoms in total. The molecule has 0 saturated heterocycles. The number of nitrogens with two attached hydrogens (primary N) is 2. The minimum absolute atomic E-state index is 0.0170. The number of hydrogen-bond donors (Lipinski definition) is 3. The van der Waals surface area contributed by atoms with E-state index in [2.05, 4.69) is 15.1 Å². The summed E-state index contributed by atoms with van der Waals surface area (Å²) in [6.07, 6.45) is 4.54. The minimum atomic E-state index is -3.46. The number of allylic oxidation sites excluding steroid dienone is 5. The Balaban J connectivity index is 1.71. The maximum atomic E-state index is 14.8. The molecule has 3 aromatic rings. The van der Waals surface area contributed by atoms with Gasteiger partial charge < -0.3 is 20.7 Å². The van der Waals surface area contributed by atoms with Crippen LogP contribution < -0.4 is 16.2 Å². The van der Waals surface area contributed by atoms with Gasteiger partial charge >= 0.3 is 6.09 Å². The molecular weight excluding hydrogens is 515 g/mol. The SMILES string of the molecule is CC(C)S(=O)(=O)c1ccc(-c2cnc(OC(N)=O)c(-c3cc(C4=C(F)CC(=CC(=N)N)C=C4)no3)n2)cc1. The Kier molecular flexibility index (Phi) is 7.21. The van der Waals surface area contributed by atoms with Crippen LogP contribution in [-0.2, 0) is 9.84 Å². The molecule has 4 rings (SSSR count). The molecular formula is C25H23FN6O5S. The third-order valence-electron chi connectivity index (χ3n) is 5.51. The Morgan fingerprint density at radius 2 is 1.89 bits per heavy atom. The highest BCUT2D eigenvalue weighted by molar-refractivity contribution is 7.92. The predicted octanol–water partition coefficient (Wildman–Crippen LogP) is 3.94. The smallest absolute Gasteiger partial charge is 0.389 e. The summed E-state index contributed by atoms with van der Waals surface area (Å²) < 4.78 is 50.0. The Morgan fingerprint density at radius 3 is 2.50 bits per heavy atom. The third-order valence-corrected chi connectivity index (χ3v) is 7.68. The largest absolute Gasteiger partial charge is 0.411 e. The molecule has 38 heavy (non-hydrogen) atoms. The van der Waals surface area contributed by atoms with E-state index in [-0.39, 0.29) is 45.8 Å². The number of amidine groups is 1. The fourth-order valence-corrected chi connectivity index (χ4v) is 4.65. The van der Waals surface area contributed by atoms with Crippen LogP contribution in [-0.4, -0.2) is 40.7 Å². The number of rotatable bonds is 7. The number of amides is 1. The van der Waals surface area contributed by atoms with Crippen molar-refractivity contribution < 1.29 is 26.9 Å². The highest BCUT2D eigenvalue weighted by atomic mass is 32.2. The van der Waals surface area contributed by atoms with Crippen molar-refractivity contribution in [3.63, 3.8) is 0 Å². The van der Waals surface area contributed by atoms with Gasteiger partial charge in [0.25, 0.3) is 5.88 Å². The summed E-state index contributed by atoms with van der Waals surface area (Å²) in [5, 5.41) is 10.7. The standard InChI is InChI=1S/C25H23FN6O5S/c1-13(2)38(34,35)16-6-4-15(5-7-16)20-12-30-24(36-25(29)33)23(31-20)21-11-19(32-37-21)17-8-3-14(9-18(17)26)10-22(27)28/h3-8,10-13H,9H2,1-2H3,(H3,27,28)(H2,29,33). The van der Waals surface area contributed by atoms with Gasteiger partial charge in [0.05, 0.1) is 22.0 Å². The van der Waals surface area contributed by atoms with Gasteiger partial charge in [-0.1, -0.05) is 23.4 Å². The van der Waals surface area contributed by atoms with Gasteiger partial charge in [-0.15, -0.1) is 0 Å². The maximum Gasteiger partial charge on any atom is 0.411 e. The fourth-order valence-electron chi connectivity index (χ4n) is 3.59. The normalized spacial score (nSPS) is 14.8. The quantitative estimate of drug-likeness (QED) is 0.295. The Hall–Kier alpha value is -4.65. The van der Waals surface area contributed by atoms with Crippen molar-refractivity contribution in [2.45, 2.75) is 30.4 Å². The van der Waals surface area contributed by atoms with Gasteiger partial charge in [0.2, 0.25) is 0 Å². The number of primary amides is 1. The first-order valence-corrected chi connectivity index (χ1v) is 12.8. The lowest BCUT2D eigenvalue weighted by Crippen LogP contribution is -2.17. The Bertz CT molecular complexity index is 1620. The van der Waals surface area contributed by atoms with Crippen LogP contribution in [0.2, 0.25) is 0 Å². The second-order valence-corrected chi connectivity index (χ2v) is 11.0. The number of sulfone groups is 1. The molecule has 5 N–H and O–H groups in total. The van der Waals surface area contributed by atoms with Crippen molar-refractivity contribution in [1.82, 2.24) is 15.1 Å². The number of benzene rings is 1. The summed E-state index contributed by atoms with van der Waals surface area (Å²) in [4.78, 5) is 20.2. The molecule has 0 unspecified atom stereocenters. The van der Waals surface area contributed by atoms with Gasteiger partial charge in [-0.3, -0.25) is 5.41 Å². The highest BCUT2D eigenvalue weighted by Crippen LogP contribution is 2.35. The number of carbonyl (C=O) groups is 1. The maximum absolute atomic E-state index is 14.8. The van der Waals surface area contributed by atoms with Crippen molar-refractivity contribution in [3.05, 3.63) is 71.9 Å². The average Bonchev–Trinajstić information content (AvgIpc) is 3.33. The van der Waals surface area contributed by atoms with Crippen LogP contribution in [0.4, 0.5) is 9.18 Å². The first kappa shape index (κ1) is 26.4. The van der Waals surface area contributed by atoms with Crippen molar-refractivity contribution in [3.8, 4) is 28.6 Å². The summed E-state index contributed by atoms with van der Waals surface area (Å²) in [7, 11) is -3.46. The third kappa shape index (κ3) is 5.52. The Labute approximate surface area is 217 Å². The first-order chi connectivity index (χ1) is 18.0. The average molecular weight is 539 g/mol. The van der Waals surface area contributed by atoms with Gasteiger partial charge in [0, 0.05) is 23.6 Å². The zero-order valence-electron chi connectivity index (χ0n) is 20.3. The molecule has 0 bridgehead atoms. The number of halogens is 1. The molecule has 1 aliphatic carbocycles. The molecule has 0 fully saturated rings. The van der Waals surface area contributed by atoms with E-state index in [1.165, 1.54) is 36.5 Å². The van der Waals surface area contributed by atoms with E-state index in [0.29, 0.717) is 16.8 Å². The van der Waals surface area contributed by atoms with Crippen LogP contribution in [0.5, 0.6) is 5.88 Å². The van der Waals surface area contributed by atoms with E-state index >= 15 is 0 Å². The van der Waals surface area contributed by atoms with E-state index < -0.39 is 27.0 Å². The predicted molar refractivity (Wildman–Crippen MR) is 137 cm³/mol. The molecule has 2 heterocycles. The molecule has 1 aliphatic rings. The van der Waals surface area contributed by atoms with Gasteiger partial charge in [-0.2, -0.15) is 0 Å². The van der Waals surface area contributed by atoms with Crippen molar-refractivity contribution in [2.24, 2.45) is 11.5 Å². The van der Waals surface area contributed by atoms with Crippen molar-refractivity contribution in [2.75, 3.05) is 0 Å². The number of hydrogen-bond acceptors (Lipinski definition) is 9. The number of ether oxygens (including phenoxy) is 1. The zero-order chi connectivity index (χ0) is 27.6. The van der Waals surface area contributed by atoms with E-state index in [1.54, 1.807) is 32.1 Å². The molecule has 2 aromatic heterocycles. The minimum Gasteiger partial charge on any atom is -0.389 e. The lowest BCUT2D eigenvalue weighted by Gasteiger charge is -2.10. The molecule has 0 atom stereocenters. The highest BCUT2D eigenvalue weighted by Gasteiger charge is 2.23. The molecule has 0 spiro atoms. The molecule has 1 aromatic carbocycles. The number of aromatic nitrogens is 3. The van der Waals surface area contributed by atoms with E-state index in [0.717, 1.165) is 0 Å². The fraction of sp³-hybridized carbons (Fsp3) is 0.160. The molecule has 0 aliphatic heterocycles. The van der Waals surface area contributed by atoms with Gasteiger partial charge in [0.1, 0.15) is 17.4 Å². The van der Waals surface area contributed by atoms with Crippen LogP contribution >= 0.6 is 0 Å². The Morgan fingerprint density at radius 1 is 1.18 bits per heavy atom. The lowest BCUT2D eigenvalue weighted by atomic mass is 9.98. The monoisotopic (exact) mass is 538 g/mol. The van der Waals surface area contributed by atoms with Gasteiger partial charge in [-0.05, 0) is 43.7 Å². The van der Waals surface area contributed by atoms with E-state index in [9.17, 15) is 17.6 Å². The van der Waals surface area contributed by atoms with Gasteiger partial charge in [0.15, 0.2) is 21.3 Å². The van der Waals surface area contributed by atoms with Crippen LogP contribution in [0.15, 0.2) is 75.6 Å². The topological polar surface area (TPSA) is 188 Å². The van der Waals surface area contributed by atoms with Gasteiger partial charge in [-0.25, -0.2) is 27.6 Å². The number of carbonyl (C=O) groups excluding carboxylic acids is 1. The van der Waals surface area contributed by atoms with E-state index in [1.807, 2.05) is 0 Å². The summed E-state index contributed by atoms with van der Waals surface area (Å²) in [6, 6.07) is 7.47. The second-order valence-electron chi connectivity index (χ2n) is 8.53. The lowest BCUT2D eigenvalue weighted by molar-refractivity contribution is 0.209. The summed E-state index contributed by atoms with van der Waals surface area (Å²) in [5.41, 5.74) is 12.1. The van der Waals surface area contributed by atoms with Crippen LogP contribution in [0.3, 0.4) is 0 Å². The van der Waals surface area contributed by atoms with Crippen LogP contribution in [0.25, 0.3) is 28.3 Å². The number of nitrogens with zero attached hydrogens (tertiary/aromatic N) is 3. The van der Waals surface area contributed by atoms with Crippen molar-refractivity contribution in [1.29, 1.82) is 5.41 Å². The van der Waals surface area contributed by atoms with Crippen LogP contribution in [0, 0.1) is 5.41 Å². The molecule has 0 radical (unpaired) electrons. The molecule has 13 heteroatoms. The second kappa shape index (κ2) is 10.4. The molecule has 196 valence electrons. The first-order valence-electron chi connectivity index (χ1n) is 11.2. The van der Waals surface area contributed by atoms with Crippen molar-refractivity contribution >= 4 is 27.3 Å². The summed E-state index contributed by atoms with van der Waals surface area (Å²) in [6.45, 7) is 3.19. The molecule has 0 saturated carbocycles. The number of nitrogens with one attached hydrogen (secondary N) is 1. The van der Waals surface area contributed by atoms with Crippen LogP contribution in [0.1, 0.15) is 26.0 Å². The van der Waals surface area contributed by atoms with E-state index in [4.69, 9.17) is 26.1 Å². The summed E-state index contributed by atoms with van der Waals surface area (Å²) >= 11 is 0.